The first-order valence-electron chi connectivity index (χ1n) is 10.0. The van der Waals surface area contributed by atoms with E-state index in [1.54, 1.807) is 25.3 Å². The Kier molecular flexibility index (Phi) is 5.70. The second-order valence-electron chi connectivity index (χ2n) is 7.67. The molecule has 0 saturated carbocycles. The van der Waals surface area contributed by atoms with Crippen LogP contribution < -0.4 is 10.1 Å². The monoisotopic (exact) mass is 433 g/mol. The molecular formula is C25H24ClN3O2. The number of benzene rings is 2. The number of nitrogens with one attached hydrogen (secondary N) is 1. The number of hydrogen-bond donors (Lipinski definition) is 1. The molecule has 0 aliphatic heterocycles. The van der Waals surface area contributed by atoms with Gasteiger partial charge in [-0.15, -0.1) is 0 Å². The van der Waals surface area contributed by atoms with Gasteiger partial charge in [-0.1, -0.05) is 29.8 Å². The van der Waals surface area contributed by atoms with E-state index in [1.165, 1.54) is 11.1 Å². The molecular weight excluding hydrogens is 410 g/mol. The predicted octanol–water partition coefficient (Wildman–Crippen LogP) is 5.77. The zero-order chi connectivity index (χ0) is 22.1. The normalized spacial score (nSPS) is 11.0. The highest BCUT2D eigenvalue weighted by molar-refractivity contribution is 6.32. The summed E-state index contributed by atoms with van der Waals surface area (Å²) in [6.45, 7) is 6.19. The van der Waals surface area contributed by atoms with Crippen LogP contribution in [0.5, 0.6) is 5.75 Å². The van der Waals surface area contributed by atoms with Gasteiger partial charge in [-0.2, -0.15) is 0 Å². The number of aryl methyl sites for hydroxylation is 3. The molecule has 0 atom stereocenters. The Hall–Kier alpha value is -3.31. The highest BCUT2D eigenvalue weighted by Crippen LogP contribution is 2.29. The average Bonchev–Trinajstić information content (AvgIpc) is 3.10. The highest BCUT2D eigenvalue weighted by Gasteiger charge is 2.19. The summed E-state index contributed by atoms with van der Waals surface area (Å²) < 4.78 is 7.18. The molecule has 6 heteroatoms. The van der Waals surface area contributed by atoms with Crippen molar-refractivity contribution in [1.29, 1.82) is 0 Å². The van der Waals surface area contributed by atoms with Gasteiger partial charge >= 0.3 is 0 Å². The third kappa shape index (κ3) is 4.14. The van der Waals surface area contributed by atoms with Crippen LogP contribution in [0.25, 0.3) is 16.9 Å². The van der Waals surface area contributed by atoms with Crippen LogP contribution in [-0.2, 0) is 11.2 Å². The number of pyridine rings is 1. The van der Waals surface area contributed by atoms with Crippen molar-refractivity contribution >= 4 is 28.8 Å². The molecule has 31 heavy (non-hydrogen) atoms. The number of methoxy groups -OCH3 is 1. The summed E-state index contributed by atoms with van der Waals surface area (Å²) in [5, 5.41) is 3.38. The smallest absolute Gasteiger partial charge is 0.230 e. The number of halogens is 1. The van der Waals surface area contributed by atoms with Crippen molar-refractivity contribution in [3.05, 3.63) is 82.1 Å². The average molecular weight is 434 g/mol. The molecule has 0 unspecified atom stereocenters. The zero-order valence-electron chi connectivity index (χ0n) is 18.0. The summed E-state index contributed by atoms with van der Waals surface area (Å²) in [5.41, 5.74) is 7.61. The molecule has 0 spiro atoms. The lowest BCUT2D eigenvalue weighted by Crippen LogP contribution is -2.16. The third-order valence-corrected chi connectivity index (χ3v) is 5.78. The molecule has 0 fully saturated rings. The molecule has 1 N–H and O–H groups in total. The van der Waals surface area contributed by atoms with Crippen molar-refractivity contribution < 1.29 is 9.53 Å². The minimum Gasteiger partial charge on any atom is -0.495 e. The van der Waals surface area contributed by atoms with Gasteiger partial charge in [0, 0.05) is 17.4 Å². The number of ether oxygens (including phenoxy) is 1. The topological polar surface area (TPSA) is 55.6 Å². The number of imidazole rings is 1. The highest BCUT2D eigenvalue weighted by atomic mass is 35.5. The second kappa shape index (κ2) is 8.44. The summed E-state index contributed by atoms with van der Waals surface area (Å²) >= 11 is 6.19. The van der Waals surface area contributed by atoms with Crippen molar-refractivity contribution in [3.8, 4) is 17.0 Å². The van der Waals surface area contributed by atoms with Crippen LogP contribution in [0.15, 0.2) is 54.7 Å². The Morgan fingerprint density at radius 3 is 2.58 bits per heavy atom. The molecule has 1 amide bonds. The molecule has 0 aliphatic carbocycles. The number of hydrogen-bond acceptors (Lipinski definition) is 3. The lowest BCUT2D eigenvalue weighted by molar-refractivity contribution is -0.115. The SMILES string of the molecule is COc1ccc(NC(=O)Cc2c(-c3ccc(C)c(C)c3)nc3c(C)cccn23)cc1Cl. The molecule has 5 nitrogen and oxygen atoms in total. The van der Waals surface area contributed by atoms with E-state index in [2.05, 4.69) is 37.4 Å². The lowest BCUT2D eigenvalue weighted by Gasteiger charge is -2.10. The van der Waals surface area contributed by atoms with Gasteiger partial charge in [-0.25, -0.2) is 4.98 Å². The Morgan fingerprint density at radius 2 is 1.87 bits per heavy atom. The van der Waals surface area contributed by atoms with Crippen LogP contribution in [0, 0.1) is 20.8 Å². The van der Waals surface area contributed by atoms with Crippen LogP contribution in [-0.4, -0.2) is 22.4 Å². The molecule has 0 aliphatic rings. The first kappa shape index (κ1) is 20.9. The number of aromatic nitrogens is 2. The van der Waals surface area contributed by atoms with Crippen molar-refractivity contribution in [2.24, 2.45) is 0 Å². The van der Waals surface area contributed by atoms with Gasteiger partial charge in [-0.3, -0.25) is 4.79 Å². The van der Waals surface area contributed by atoms with Crippen molar-refractivity contribution in [3.63, 3.8) is 0 Å². The van der Waals surface area contributed by atoms with Crippen LogP contribution in [0.2, 0.25) is 5.02 Å². The summed E-state index contributed by atoms with van der Waals surface area (Å²) in [5.74, 6) is 0.420. The van der Waals surface area contributed by atoms with E-state index in [0.29, 0.717) is 16.5 Å². The molecule has 2 heterocycles. The second-order valence-corrected chi connectivity index (χ2v) is 8.07. The number of fused-ring (bicyclic) bond motifs is 1. The van der Waals surface area contributed by atoms with Gasteiger partial charge in [0.1, 0.15) is 11.4 Å². The molecule has 0 bridgehead atoms. The summed E-state index contributed by atoms with van der Waals surface area (Å²) in [7, 11) is 1.56. The number of rotatable bonds is 5. The van der Waals surface area contributed by atoms with Crippen molar-refractivity contribution in [2.45, 2.75) is 27.2 Å². The zero-order valence-corrected chi connectivity index (χ0v) is 18.7. The van der Waals surface area contributed by atoms with E-state index in [-0.39, 0.29) is 12.3 Å². The molecule has 0 radical (unpaired) electrons. The molecule has 0 saturated heterocycles. The summed E-state index contributed by atoms with van der Waals surface area (Å²) in [6.07, 6.45) is 2.13. The summed E-state index contributed by atoms with van der Waals surface area (Å²) in [6, 6.07) is 15.4. The number of carbonyl (C=O) groups is 1. The third-order valence-electron chi connectivity index (χ3n) is 5.49. The maximum atomic E-state index is 13.0. The first-order chi connectivity index (χ1) is 14.9. The summed E-state index contributed by atoms with van der Waals surface area (Å²) in [4.78, 5) is 17.8. The fourth-order valence-electron chi connectivity index (χ4n) is 3.64. The minimum absolute atomic E-state index is 0.144. The van der Waals surface area contributed by atoms with Gasteiger partial charge < -0.3 is 14.5 Å². The largest absolute Gasteiger partial charge is 0.495 e. The minimum atomic E-state index is -0.144. The van der Waals surface area contributed by atoms with E-state index in [9.17, 15) is 4.79 Å². The van der Waals surface area contributed by atoms with Gasteiger partial charge in [0.25, 0.3) is 0 Å². The molecule has 158 valence electrons. The predicted molar refractivity (Wildman–Crippen MR) is 125 cm³/mol. The number of carbonyl (C=O) groups excluding carboxylic acids is 1. The Balaban J connectivity index is 1.72. The quantitative estimate of drug-likeness (QED) is 0.434. The van der Waals surface area contributed by atoms with Crippen LogP contribution in [0.4, 0.5) is 5.69 Å². The number of amides is 1. The van der Waals surface area contributed by atoms with Gasteiger partial charge in [0.2, 0.25) is 5.91 Å². The first-order valence-corrected chi connectivity index (χ1v) is 10.4. The number of anilines is 1. The fourth-order valence-corrected chi connectivity index (χ4v) is 3.90. The van der Waals surface area contributed by atoms with Crippen molar-refractivity contribution in [1.82, 2.24) is 9.38 Å². The molecule has 2 aromatic carbocycles. The standard InChI is InChI=1S/C25H24ClN3O2/c1-15-7-8-18(12-17(15)3)24-21(29-11-5-6-16(2)25(29)28-24)14-23(30)27-19-9-10-22(31-4)20(26)13-19/h5-13H,14H2,1-4H3,(H,27,30). The number of nitrogens with zero attached hydrogens (tertiary/aromatic N) is 2. The van der Waals surface area contributed by atoms with E-state index in [4.69, 9.17) is 21.3 Å². The van der Waals surface area contributed by atoms with Gasteiger partial charge in [0.15, 0.2) is 0 Å². The molecule has 4 rings (SSSR count). The Labute approximate surface area is 186 Å². The van der Waals surface area contributed by atoms with Crippen molar-refractivity contribution in [2.75, 3.05) is 12.4 Å². The van der Waals surface area contributed by atoms with Crippen LogP contribution >= 0.6 is 11.6 Å². The van der Waals surface area contributed by atoms with Gasteiger partial charge in [0.05, 0.1) is 29.9 Å². The van der Waals surface area contributed by atoms with Crippen LogP contribution in [0.3, 0.4) is 0 Å². The van der Waals surface area contributed by atoms with E-state index < -0.39 is 0 Å². The van der Waals surface area contributed by atoms with Gasteiger partial charge in [-0.05, 0) is 67.8 Å². The lowest BCUT2D eigenvalue weighted by atomic mass is 10.0. The fraction of sp³-hybridized carbons (Fsp3) is 0.200. The van der Waals surface area contributed by atoms with Crippen LogP contribution in [0.1, 0.15) is 22.4 Å². The molecule has 2 aromatic heterocycles. The van der Waals surface area contributed by atoms with E-state index in [1.807, 2.05) is 29.7 Å². The Morgan fingerprint density at radius 1 is 1.06 bits per heavy atom. The van der Waals surface area contributed by atoms with E-state index in [0.717, 1.165) is 28.2 Å². The Bertz CT molecular complexity index is 1290. The van der Waals surface area contributed by atoms with E-state index >= 15 is 0 Å². The maximum Gasteiger partial charge on any atom is 0.230 e. The maximum absolute atomic E-state index is 13.0. The molecule has 4 aromatic rings.